The van der Waals surface area contributed by atoms with Gasteiger partial charge in [-0.15, -0.1) is 0 Å². The maximum Gasteiger partial charge on any atom is 0.191 e. The molecule has 146 valence electrons. The van der Waals surface area contributed by atoms with E-state index in [4.69, 9.17) is 14.2 Å². The smallest absolute Gasteiger partial charge is 0.191 e. The maximum absolute atomic E-state index is 5.35. The average molecular weight is 371 g/mol. The number of benzene rings is 2. The zero-order valence-corrected chi connectivity index (χ0v) is 16.5. The van der Waals surface area contributed by atoms with Crippen LogP contribution in [-0.4, -0.2) is 40.4 Å². The Morgan fingerprint density at radius 2 is 1.70 bits per heavy atom. The van der Waals surface area contributed by atoms with E-state index < -0.39 is 0 Å². The van der Waals surface area contributed by atoms with Crippen molar-refractivity contribution in [1.82, 2.24) is 10.6 Å². The van der Waals surface area contributed by atoms with Gasteiger partial charge in [0.25, 0.3) is 0 Å². The zero-order chi connectivity index (χ0) is 19.5. The Labute approximate surface area is 161 Å². The van der Waals surface area contributed by atoms with E-state index in [9.17, 15) is 0 Å². The number of methoxy groups -OCH3 is 3. The van der Waals surface area contributed by atoms with Crippen LogP contribution < -0.4 is 24.8 Å². The van der Waals surface area contributed by atoms with E-state index in [0.29, 0.717) is 18.0 Å². The fourth-order valence-electron chi connectivity index (χ4n) is 2.64. The summed E-state index contributed by atoms with van der Waals surface area (Å²) >= 11 is 0. The number of hydrogen-bond acceptors (Lipinski definition) is 4. The summed E-state index contributed by atoms with van der Waals surface area (Å²) in [5.74, 6) is 3.09. The Morgan fingerprint density at radius 3 is 2.41 bits per heavy atom. The molecule has 6 nitrogen and oxygen atoms in total. The summed E-state index contributed by atoms with van der Waals surface area (Å²) in [4.78, 5) is 4.65. The zero-order valence-electron chi connectivity index (χ0n) is 16.5. The molecule has 6 heteroatoms. The van der Waals surface area contributed by atoms with Crippen molar-refractivity contribution in [2.75, 3.05) is 34.4 Å². The van der Waals surface area contributed by atoms with Gasteiger partial charge in [-0.1, -0.05) is 18.2 Å². The summed E-state index contributed by atoms with van der Waals surface area (Å²) in [6.45, 7) is 4.19. The summed E-state index contributed by atoms with van der Waals surface area (Å²) < 4.78 is 15.9. The molecule has 27 heavy (non-hydrogen) atoms. The molecule has 0 bridgehead atoms. The van der Waals surface area contributed by atoms with Gasteiger partial charge in [-0.25, -0.2) is 4.99 Å². The number of nitrogens with one attached hydrogen (secondary N) is 2. The Bertz CT molecular complexity index is 747. The van der Waals surface area contributed by atoms with Crippen LogP contribution in [0.1, 0.15) is 18.1 Å². The summed E-state index contributed by atoms with van der Waals surface area (Å²) in [5, 5.41) is 6.64. The highest BCUT2D eigenvalue weighted by molar-refractivity contribution is 5.79. The van der Waals surface area contributed by atoms with Crippen molar-refractivity contribution in [3.8, 4) is 17.2 Å². The molecule has 0 radical (unpaired) electrons. The molecule has 2 aromatic carbocycles. The number of hydrogen-bond donors (Lipinski definition) is 2. The standard InChI is InChI=1S/C21H29N3O3/c1-5-22-21(23-12-11-16-7-6-8-18(13-16)25-2)24-15-17-9-10-19(26-3)20(14-17)27-4/h6-10,13-14H,5,11-12,15H2,1-4H3,(H2,22,23,24). The third-order valence-corrected chi connectivity index (χ3v) is 4.05. The van der Waals surface area contributed by atoms with Crippen LogP contribution in [-0.2, 0) is 13.0 Å². The number of ether oxygens (including phenoxy) is 3. The Morgan fingerprint density at radius 1 is 0.889 bits per heavy atom. The molecule has 0 unspecified atom stereocenters. The van der Waals surface area contributed by atoms with Gasteiger partial charge in [0.05, 0.1) is 27.9 Å². The summed E-state index contributed by atoms with van der Waals surface area (Å²) in [7, 11) is 4.95. The van der Waals surface area contributed by atoms with Crippen molar-refractivity contribution in [3.63, 3.8) is 0 Å². The molecule has 0 amide bonds. The van der Waals surface area contributed by atoms with Crippen LogP contribution in [0.4, 0.5) is 0 Å². The summed E-state index contributed by atoms with van der Waals surface area (Å²) in [6.07, 6.45) is 0.887. The highest BCUT2D eigenvalue weighted by Crippen LogP contribution is 2.27. The second-order valence-corrected chi connectivity index (χ2v) is 5.91. The monoisotopic (exact) mass is 371 g/mol. The average Bonchev–Trinajstić information content (AvgIpc) is 2.71. The van der Waals surface area contributed by atoms with Crippen molar-refractivity contribution < 1.29 is 14.2 Å². The lowest BCUT2D eigenvalue weighted by atomic mass is 10.1. The molecule has 0 aromatic heterocycles. The molecule has 0 atom stereocenters. The van der Waals surface area contributed by atoms with Crippen molar-refractivity contribution >= 4 is 5.96 Å². The van der Waals surface area contributed by atoms with Crippen LogP contribution in [0.3, 0.4) is 0 Å². The number of aliphatic imine (C=N–C) groups is 1. The van der Waals surface area contributed by atoms with Crippen LogP contribution in [0.15, 0.2) is 47.5 Å². The van der Waals surface area contributed by atoms with Gasteiger partial charge >= 0.3 is 0 Å². The minimum atomic E-state index is 0.550. The van der Waals surface area contributed by atoms with E-state index in [0.717, 1.165) is 36.8 Å². The molecule has 0 aliphatic carbocycles. The van der Waals surface area contributed by atoms with E-state index in [1.165, 1.54) is 5.56 Å². The van der Waals surface area contributed by atoms with Crippen LogP contribution >= 0.6 is 0 Å². The van der Waals surface area contributed by atoms with E-state index in [1.54, 1.807) is 21.3 Å². The molecule has 2 rings (SSSR count). The van der Waals surface area contributed by atoms with E-state index in [2.05, 4.69) is 34.7 Å². The molecule has 0 saturated heterocycles. The molecular formula is C21H29N3O3. The van der Waals surface area contributed by atoms with Crippen molar-refractivity contribution in [2.24, 2.45) is 4.99 Å². The maximum atomic E-state index is 5.35. The first-order valence-electron chi connectivity index (χ1n) is 9.06. The van der Waals surface area contributed by atoms with Crippen molar-refractivity contribution in [1.29, 1.82) is 0 Å². The normalized spacial score (nSPS) is 11.0. The highest BCUT2D eigenvalue weighted by atomic mass is 16.5. The third-order valence-electron chi connectivity index (χ3n) is 4.05. The Kier molecular flexibility index (Phi) is 8.29. The predicted octanol–water partition coefficient (Wildman–Crippen LogP) is 3.01. The van der Waals surface area contributed by atoms with Crippen LogP contribution in [0.2, 0.25) is 0 Å². The van der Waals surface area contributed by atoms with Gasteiger partial charge in [0.15, 0.2) is 17.5 Å². The second kappa shape index (κ2) is 11.0. The molecule has 0 aliphatic rings. The van der Waals surface area contributed by atoms with Crippen molar-refractivity contribution in [2.45, 2.75) is 19.9 Å². The lowest BCUT2D eigenvalue weighted by molar-refractivity contribution is 0.354. The Hall–Kier alpha value is -2.89. The van der Waals surface area contributed by atoms with Gasteiger partial charge in [0.2, 0.25) is 0 Å². The van der Waals surface area contributed by atoms with Gasteiger partial charge in [-0.2, -0.15) is 0 Å². The molecule has 0 spiro atoms. The van der Waals surface area contributed by atoms with Crippen molar-refractivity contribution in [3.05, 3.63) is 53.6 Å². The number of guanidine groups is 1. The first-order chi connectivity index (χ1) is 13.2. The molecule has 0 aliphatic heterocycles. The fraction of sp³-hybridized carbons (Fsp3) is 0.381. The third kappa shape index (κ3) is 6.40. The topological polar surface area (TPSA) is 64.1 Å². The summed E-state index contributed by atoms with van der Waals surface area (Å²) in [6, 6.07) is 13.9. The molecule has 2 N–H and O–H groups in total. The van der Waals surface area contributed by atoms with E-state index in [-0.39, 0.29) is 0 Å². The lowest BCUT2D eigenvalue weighted by Crippen LogP contribution is -2.38. The number of nitrogens with zero attached hydrogens (tertiary/aromatic N) is 1. The van der Waals surface area contributed by atoms with E-state index in [1.807, 2.05) is 30.3 Å². The SMILES string of the molecule is CCNC(=NCc1ccc(OC)c(OC)c1)NCCc1cccc(OC)c1. The fourth-order valence-corrected chi connectivity index (χ4v) is 2.64. The largest absolute Gasteiger partial charge is 0.497 e. The Balaban J connectivity index is 1.95. The number of rotatable bonds is 9. The first kappa shape index (κ1) is 20.4. The minimum Gasteiger partial charge on any atom is -0.497 e. The highest BCUT2D eigenvalue weighted by Gasteiger charge is 2.05. The van der Waals surface area contributed by atoms with Crippen LogP contribution in [0.25, 0.3) is 0 Å². The van der Waals surface area contributed by atoms with Crippen LogP contribution in [0.5, 0.6) is 17.2 Å². The van der Waals surface area contributed by atoms with Gasteiger partial charge < -0.3 is 24.8 Å². The molecule has 0 fully saturated rings. The first-order valence-corrected chi connectivity index (χ1v) is 9.06. The molecule has 0 heterocycles. The molecule has 0 saturated carbocycles. The summed E-state index contributed by atoms with van der Waals surface area (Å²) in [5.41, 5.74) is 2.27. The predicted molar refractivity (Wildman–Crippen MR) is 109 cm³/mol. The van der Waals surface area contributed by atoms with Gasteiger partial charge in [-0.3, -0.25) is 0 Å². The molecular weight excluding hydrogens is 342 g/mol. The van der Waals surface area contributed by atoms with E-state index >= 15 is 0 Å². The minimum absolute atomic E-state index is 0.550. The lowest BCUT2D eigenvalue weighted by Gasteiger charge is -2.12. The van der Waals surface area contributed by atoms with Gasteiger partial charge in [0.1, 0.15) is 5.75 Å². The molecule has 2 aromatic rings. The van der Waals surface area contributed by atoms with Crippen LogP contribution in [0, 0.1) is 0 Å². The quantitative estimate of drug-likeness (QED) is 0.524. The van der Waals surface area contributed by atoms with Gasteiger partial charge in [-0.05, 0) is 48.7 Å². The van der Waals surface area contributed by atoms with Gasteiger partial charge in [0, 0.05) is 13.1 Å². The second-order valence-electron chi connectivity index (χ2n) is 5.91.